The second-order valence-corrected chi connectivity index (χ2v) is 3.70. The Morgan fingerprint density at radius 3 is 2.60 bits per heavy atom. The first kappa shape index (κ1) is 12.1. The molecule has 0 saturated carbocycles. The largest absolute Gasteiger partial charge is 0.301 e. The molecule has 0 spiro atoms. The normalized spacial score (nSPS) is 25.1. The third-order valence-corrected chi connectivity index (χ3v) is 2.80. The Balaban J connectivity index is 0.00000112. The molecule has 0 amide bonds. The minimum absolute atomic E-state index is 0. The Kier molecular flexibility index (Phi) is 3.47. The molecule has 0 aliphatic carbocycles. The van der Waals surface area contributed by atoms with Gasteiger partial charge in [0.15, 0.2) is 5.78 Å². The standard InChI is InChI=1S/C11H12FNO.ClH/c1-11(10(14)6-7-13-11)8-4-2-3-5-9(8)12;/h2-5,13H,6-7H2,1H3;1H. The molecule has 1 N–H and O–H groups in total. The average molecular weight is 230 g/mol. The van der Waals surface area contributed by atoms with Crippen LogP contribution >= 0.6 is 12.4 Å². The zero-order chi connectivity index (χ0) is 10.2. The molecule has 1 saturated heterocycles. The molecule has 1 aromatic rings. The highest BCUT2D eigenvalue weighted by Crippen LogP contribution is 2.28. The highest BCUT2D eigenvalue weighted by Gasteiger charge is 2.40. The summed E-state index contributed by atoms with van der Waals surface area (Å²) in [5, 5.41) is 3.05. The fraction of sp³-hybridized carbons (Fsp3) is 0.364. The molecule has 4 heteroatoms. The first-order chi connectivity index (χ1) is 6.64. The Labute approximate surface area is 94.3 Å². The smallest absolute Gasteiger partial charge is 0.158 e. The lowest BCUT2D eigenvalue weighted by Gasteiger charge is -2.23. The summed E-state index contributed by atoms with van der Waals surface area (Å²) in [6, 6.07) is 6.41. The fourth-order valence-electron chi connectivity index (χ4n) is 1.89. The van der Waals surface area contributed by atoms with Crippen molar-refractivity contribution in [2.45, 2.75) is 18.9 Å². The van der Waals surface area contributed by atoms with Gasteiger partial charge in [0.2, 0.25) is 0 Å². The Morgan fingerprint density at radius 1 is 1.40 bits per heavy atom. The number of carbonyl (C=O) groups is 1. The first-order valence-electron chi connectivity index (χ1n) is 4.68. The molecule has 0 bridgehead atoms. The number of ketones is 1. The topological polar surface area (TPSA) is 29.1 Å². The predicted molar refractivity (Wildman–Crippen MR) is 58.6 cm³/mol. The minimum atomic E-state index is -0.828. The van der Waals surface area contributed by atoms with Crippen molar-refractivity contribution in [2.75, 3.05) is 6.54 Å². The van der Waals surface area contributed by atoms with E-state index in [1.165, 1.54) is 6.07 Å². The maximum absolute atomic E-state index is 13.5. The summed E-state index contributed by atoms with van der Waals surface area (Å²) < 4.78 is 13.5. The van der Waals surface area contributed by atoms with Gasteiger partial charge >= 0.3 is 0 Å². The number of nitrogens with one attached hydrogen (secondary N) is 1. The van der Waals surface area contributed by atoms with E-state index in [9.17, 15) is 9.18 Å². The van der Waals surface area contributed by atoms with Gasteiger partial charge in [0.05, 0.1) is 0 Å². The summed E-state index contributed by atoms with van der Waals surface area (Å²) in [7, 11) is 0. The van der Waals surface area contributed by atoms with E-state index in [2.05, 4.69) is 5.32 Å². The van der Waals surface area contributed by atoms with Gasteiger partial charge in [-0.05, 0) is 13.0 Å². The molecular formula is C11H13ClFNO. The van der Waals surface area contributed by atoms with Gasteiger partial charge in [-0.2, -0.15) is 0 Å². The van der Waals surface area contributed by atoms with Gasteiger partial charge in [-0.3, -0.25) is 4.79 Å². The van der Waals surface area contributed by atoms with Crippen molar-refractivity contribution in [3.63, 3.8) is 0 Å². The quantitative estimate of drug-likeness (QED) is 0.799. The van der Waals surface area contributed by atoms with Crippen molar-refractivity contribution >= 4 is 18.2 Å². The van der Waals surface area contributed by atoms with Crippen LogP contribution in [0.5, 0.6) is 0 Å². The molecule has 1 heterocycles. The molecule has 1 atom stereocenters. The summed E-state index contributed by atoms with van der Waals surface area (Å²) >= 11 is 0. The molecular weight excluding hydrogens is 217 g/mol. The molecule has 1 unspecified atom stereocenters. The van der Waals surface area contributed by atoms with Crippen LogP contribution in [0.15, 0.2) is 24.3 Å². The monoisotopic (exact) mass is 229 g/mol. The van der Waals surface area contributed by atoms with E-state index in [1.54, 1.807) is 25.1 Å². The molecule has 82 valence electrons. The van der Waals surface area contributed by atoms with Crippen LogP contribution in [0.2, 0.25) is 0 Å². The van der Waals surface area contributed by atoms with Crippen LogP contribution in [-0.2, 0) is 10.3 Å². The van der Waals surface area contributed by atoms with Crippen molar-refractivity contribution < 1.29 is 9.18 Å². The van der Waals surface area contributed by atoms with E-state index in [4.69, 9.17) is 0 Å². The number of hydrogen-bond acceptors (Lipinski definition) is 2. The zero-order valence-electron chi connectivity index (χ0n) is 8.42. The first-order valence-corrected chi connectivity index (χ1v) is 4.68. The van der Waals surface area contributed by atoms with Crippen LogP contribution in [-0.4, -0.2) is 12.3 Å². The predicted octanol–water partition coefficient (Wildman–Crippen LogP) is 2.03. The molecule has 2 nitrogen and oxygen atoms in total. The third-order valence-electron chi connectivity index (χ3n) is 2.80. The Morgan fingerprint density at radius 2 is 2.07 bits per heavy atom. The van der Waals surface area contributed by atoms with Crippen molar-refractivity contribution in [2.24, 2.45) is 0 Å². The molecule has 1 aliphatic heterocycles. The van der Waals surface area contributed by atoms with Crippen LogP contribution in [0.4, 0.5) is 4.39 Å². The number of hydrogen-bond donors (Lipinski definition) is 1. The molecule has 1 aromatic carbocycles. The van der Waals surface area contributed by atoms with Crippen LogP contribution in [0.25, 0.3) is 0 Å². The highest BCUT2D eigenvalue weighted by atomic mass is 35.5. The molecule has 15 heavy (non-hydrogen) atoms. The van der Waals surface area contributed by atoms with Gasteiger partial charge in [-0.25, -0.2) is 4.39 Å². The van der Waals surface area contributed by atoms with E-state index in [0.717, 1.165) is 0 Å². The lowest BCUT2D eigenvalue weighted by Crippen LogP contribution is -2.39. The molecule has 0 radical (unpaired) electrons. The van der Waals surface area contributed by atoms with Crippen LogP contribution in [0, 0.1) is 5.82 Å². The van der Waals surface area contributed by atoms with Gasteiger partial charge in [-0.15, -0.1) is 12.4 Å². The summed E-state index contributed by atoms with van der Waals surface area (Å²) in [5.74, 6) is -0.264. The summed E-state index contributed by atoms with van der Waals surface area (Å²) in [5.41, 5.74) is -0.381. The summed E-state index contributed by atoms with van der Waals surface area (Å²) in [6.07, 6.45) is 0.477. The number of carbonyl (C=O) groups excluding carboxylic acids is 1. The lowest BCUT2D eigenvalue weighted by molar-refractivity contribution is -0.122. The molecule has 1 aliphatic rings. The third kappa shape index (κ3) is 1.90. The van der Waals surface area contributed by atoms with Crippen molar-refractivity contribution in [3.8, 4) is 0 Å². The summed E-state index contributed by atoms with van der Waals surface area (Å²) in [4.78, 5) is 11.6. The summed E-state index contributed by atoms with van der Waals surface area (Å²) in [6.45, 7) is 2.37. The van der Waals surface area contributed by atoms with Gasteiger partial charge in [0.1, 0.15) is 11.4 Å². The molecule has 1 fully saturated rings. The van der Waals surface area contributed by atoms with Gasteiger partial charge < -0.3 is 5.32 Å². The van der Waals surface area contributed by atoms with E-state index < -0.39 is 5.54 Å². The number of halogens is 2. The van der Waals surface area contributed by atoms with E-state index in [-0.39, 0.29) is 24.0 Å². The minimum Gasteiger partial charge on any atom is -0.301 e. The molecule has 0 aromatic heterocycles. The van der Waals surface area contributed by atoms with Gasteiger partial charge in [0.25, 0.3) is 0 Å². The molecule has 2 rings (SSSR count). The van der Waals surface area contributed by atoms with Gasteiger partial charge in [-0.1, -0.05) is 18.2 Å². The van der Waals surface area contributed by atoms with Gasteiger partial charge in [0, 0.05) is 18.5 Å². The maximum atomic E-state index is 13.5. The number of benzene rings is 1. The average Bonchev–Trinajstić information content (AvgIpc) is 2.49. The van der Waals surface area contributed by atoms with Crippen LogP contribution in [0.1, 0.15) is 18.9 Å². The van der Waals surface area contributed by atoms with Crippen LogP contribution in [0.3, 0.4) is 0 Å². The number of Topliss-reactive ketones (excluding diaryl/α,β-unsaturated/α-hetero) is 1. The number of rotatable bonds is 1. The Bertz CT molecular complexity index is 383. The second kappa shape index (κ2) is 4.29. The zero-order valence-corrected chi connectivity index (χ0v) is 9.23. The van der Waals surface area contributed by atoms with Crippen molar-refractivity contribution in [1.82, 2.24) is 5.32 Å². The fourth-order valence-corrected chi connectivity index (χ4v) is 1.89. The van der Waals surface area contributed by atoms with Crippen molar-refractivity contribution in [3.05, 3.63) is 35.6 Å². The SMILES string of the molecule is CC1(c2ccccc2F)NCCC1=O.Cl. The Hall–Kier alpha value is -0.930. The van der Waals surface area contributed by atoms with E-state index in [0.29, 0.717) is 18.5 Å². The van der Waals surface area contributed by atoms with Crippen LogP contribution < -0.4 is 5.32 Å². The second-order valence-electron chi connectivity index (χ2n) is 3.70. The maximum Gasteiger partial charge on any atom is 0.158 e. The van der Waals surface area contributed by atoms with E-state index >= 15 is 0 Å². The van der Waals surface area contributed by atoms with E-state index in [1.807, 2.05) is 0 Å². The van der Waals surface area contributed by atoms with Crippen molar-refractivity contribution in [1.29, 1.82) is 0 Å². The highest BCUT2D eigenvalue weighted by molar-refractivity contribution is 5.91. The lowest BCUT2D eigenvalue weighted by atomic mass is 9.89.